The van der Waals surface area contributed by atoms with Crippen molar-refractivity contribution in [2.24, 2.45) is 5.92 Å². The first-order valence-electron chi connectivity index (χ1n) is 6.63. The van der Waals surface area contributed by atoms with E-state index in [1.165, 1.54) is 23.2 Å². The normalized spacial score (nSPS) is 10.7. The number of hydrogen-bond donors (Lipinski definition) is 0. The molecule has 0 saturated heterocycles. The Kier molecular flexibility index (Phi) is 4.92. The Balaban J connectivity index is 1.91. The van der Waals surface area contributed by atoms with E-state index in [4.69, 9.17) is 4.18 Å². The second-order valence-corrected chi connectivity index (χ2v) is 6.03. The van der Waals surface area contributed by atoms with Crippen LogP contribution in [0.25, 0.3) is 0 Å². The molecule has 0 radical (unpaired) electrons. The number of aryl methyl sites for hydroxylation is 1. The summed E-state index contributed by atoms with van der Waals surface area (Å²) in [6.45, 7) is 6.55. The standard InChI is InChI=1S/C17H20OS/c1-13(2)12-15-6-8-16(9-7-15)18-19-17-10-4-14(3)5-11-17/h4-11,13H,12H2,1-3H3. The summed E-state index contributed by atoms with van der Waals surface area (Å²) >= 11 is 1.40. The van der Waals surface area contributed by atoms with Gasteiger partial charge in [-0.2, -0.15) is 0 Å². The summed E-state index contributed by atoms with van der Waals surface area (Å²) in [6.07, 6.45) is 1.12. The maximum Gasteiger partial charge on any atom is 0.137 e. The monoisotopic (exact) mass is 272 g/mol. The average molecular weight is 272 g/mol. The fourth-order valence-electron chi connectivity index (χ4n) is 1.84. The van der Waals surface area contributed by atoms with E-state index in [1.54, 1.807) is 0 Å². The molecule has 0 saturated carbocycles. The van der Waals surface area contributed by atoms with Crippen LogP contribution < -0.4 is 4.18 Å². The van der Waals surface area contributed by atoms with Crippen molar-refractivity contribution in [3.05, 3.63) is 59.7 Å². The molecule has 0 bridgehead atoms. The van der Waals surface area contributed by atoms with Gasteiger partial charge < -0.3 is 4.18 Å². The lowest BCUT2D eigenvalue weighted by Gasteiger charge is -2.07. The molecule has 2 rings (SSSR count). The fraction of sp³-hybridized carbons (Fsp3) is 0.294. The van der Waals surface area contributed by atoms with Gasteiger partial charge in [0, 0.05) is 4.90 Å². The molecule has 0 N–H and O–H groups in total. The second kappa shape index (κ2) is 6.67. The zero-order valence-electron chi connectivity index (χ0n) is 11.7. The largest absolute Gasteiger partial charge is 0.421 e. The summed E-state index contributed by atoms with van der Waals surface area (Å²) in [6, 6.07) is 16.7. The van der Waals surface area contributed by atoms with Gasteiger partial charge in [-0.1, -0.05) is 43.7 Å². The van der Waals surface area contributed by atoms with Crippen LogP contribution in [0.5, 0.6) is 5.75 Å². The molecule has 0 heterocycles. The van der Waals surface area contributed by atoms with Gasteiger partial charge in [-0.15, -0.1) is 0 Å². The van der Waals surface area contributed by atoms with Crippen LogP contribution in [0.15, 0.2) is 53.4 Å². The number of hydrogen-bond acceptors (Lipinski definition) is 2. The minimum absolute atomic E-state index is 0.689. The highest BCUT2D eigenvalue weighted by molar-refractivity contribution is 7.95. The summed E-state index contributed by atoms with van der Waals surface area (Å²) in [5.41, 5.74) is 2.63. The molecule has 0 aliphatic heterocycles. The van der Waals surface area contributed by atoms with E-state index in [0.29, 0.717) is 5.92 Å². The summed E-state index contributed by atoms with van der Waals surface area (Å²) in [4.78, 5) is 1.12. The Hall–Kier alpha value is -1.41. The van der Waals surface area contributed by atoms with Gasteiger partial charge in [0.25, 0.3) is 0 Å². The van der Waals surface area contributed by atoms with Crippen LogP contribution >= 0.6 is 12.0 Å². The first kappa shape index (κ1) is 14.0. The van der Waals surface area contributed by atoms with E-state index >= 15 is 0 Å². The van der Waals surface area contributed by atoms with Gasteiger partial charge in [-0.3, -0.25) is 0 Å². The first-order chi connectivity index (χ1) is 9.13. The Bertz CT molecular complexity index is 500. The van der Waals surface area contributed by atoms with E-state index in [-0.39, 0.29) is 0 Å². The summed E-state index contributed by atoms with van der Waals surface area (Å²) in [5.74, 6) is 1.59. The smallest absolute Gasteiger partial charge is 0.137 e. The van der Waals surface area contributed by atoms with Crippen LogP contribution in [0.3, 0.4) is 0 Å². The second-order valence-electron chi connectivity index (χ2n) is 5.22. The van der Waals surface area contributed by atoms with Crippen LogP contribution in [0.1, 0.15) is 25.0 Å². The zero-order chi connectivity index (χ0) is 13.7. The molecule has 0 aliphatic carbocycles. The van der Waals surface area contributed by atoms with Crippen LogP contribution in [0.4, 0.5) is 0 Å². The van der Waals surface area contributed by atoms with Crippen molar-refractivity contribution < 1.29 is 4.18 Å². The predicted octanol–water partition coefficient (Wildman–Crippen LogP) is 5.28. The minimum atomic E-state index is 0.689. The van der Waals surface area contributed by atoms with Crippen LogP contribution in [-0.2, 0) is 6.42 Å². The molecule has 0 fully saturated rings. The van der Waals surface area contributed by atoms with Crippen molar-refractivity contribution >= 4 is 12.0 Å². The molecule has 0 amide bonds. The first-order valence-corrected chi connectivity index (χ1v) is 7.38. The Morgan fingerprint density at radius 3 is 2.16 bits per heavy atom. The number of benzene rings is 2. The van der Waals surface area contributed by atoms with Gasteiger partial charge in [0.05, 0.1) is 12.0 Å². The highest BCUT2D eigenvalue weighted by atomic mass is 32.2. The molecule has 2 aromatic rings. The third-order valence-electron chi connectivity index (χ3n) is 2.82. The molecule has 1 nitrogen and oxygen atoms in total. The molecule has 0 aliphatic rings. The molecule has 2 heteroatoms. The third kappa shape index (κ3) is 4.64. The van der Waals surface area contributed by atoms with Gasteiger partial charge in [-0.25, -0.2) is 0 Å². The van der Waals surface area contributed by atoms with Crippen molar-refractivity contribution in [1.29, 1.82) is 0 Å². The Morgan fingerprint density at radius 2 is 1.58 bits per heavy atom. The van der Waals surface area contributed by atoms with Gasteiger partial charge in [0.1, 0.15) is 5.75 Å². The average Bonchev–Trinajstić information content (AvgIpc) is 2.39. The molecule has 100 valence electrons. The predicted molar refractivity (Wildman–Crippen MR) is 82.6 cm³/mol. The van der Waals surface area contributed by atoms with Crippen LogP contribution in [0.2, 0.25) is 0 Å². The molecule has 0 atom stereocenters. The van der Waals surface area contributed by atoms with Crippen LogP contribution in [0, 0.1) is 12.8 Å². The zero-order valence-corrected chi connectivity index (χ0v) is 12.5. The van der Waals surface area contributed by atoms with Crippen molar-refractivity contribution in [3.8, 4) is 5.75 Å². The van der Waals surface area contributed by atoms with E-state index in [9.17, 15) is 0 Å². The quantitative estimate of drug-likeness (QED) is 0.685. The summed E-state index contributed by atoms with van der Waals surface area (Å²) in [7, 11) is 0. The van der Waals surface area contributed by atoms with Gasteiger partial charge in [0.15, 0.2) is 0 Å². The van der Waals surface area contributed by atoms with E-state index in [0.717, 1.165) is 17.1 Å². The maximum atomic E-state index is 5.71. The van der Waals surface area contributed by atoms with Gasteiger partial charge in [-0.05, 0) is 49.1 Å². The lowest BCUT2D eigenvalue weighted by Crippen LogP contribution is -1.93. The maximum absolute atomic E-state index is 5.71. The molecular weight excluding hydrogens is 252 g/mol. The molecule has 0 aromatic heterocycles. The lowest BCUT2D eigenvalue weighted by atomic mass is 10.0. The molecule has 19 heavy (non-hydrogen) atoms. The fourth-order valence-corrected chi connectivity index (χ4v) is 2.39. The molecular formula is C17H20OS. The minimum Gasteiger partial charge on any atom is -0.421 e. The highest BCUT2D eigenvalue weighted by Crippen LogP contribution is 2.24. The third-order valence-corrected chi connectivity index (χ3v) is 3.56. The van der Waals surface area contributed by atoms with Crippen molar-refractivity contribution in [1.82, 2.24) is 0 Å². The summed E-state index contributed by atoms with van der Waals surface area (Å²) < 4.78 is 5.71. The van der Waals surface area contributed by atoms with E-state index < -0.39 is 0 Å². The van der Waals surface area contributed by atoms with Crippen LogP contribution in [-0.4, -0.2) is 0 Å². The molecule has 2 aromatic carbocycles. The van der Waals surface area contributed by atoms with E-state index in [1.807, 2.05) is 12.1 Å². The SMILES string of the molecule is Cc1ccc(SOc2ccc(CC(C)C)cc2)cc1. The highest BCUT2D eigenvalue weighted by Gasteiger charge is 2.00. The van der Waals surface area contributed by atoms with Gasteiger partial charge >= 0.3 is 0 Å². The number of rotatable bonds is 5. The van der Waals surface area contributed by atoms with Crippen molar-refractivity contribution in [2.45, 2.75) is 32.1 Å². The Labute approximate surface area is 120 Å². The van der Waals surface area contributed by atoms with Crippen molar-refractivity contribution in [3.63, 3.8) is 0 Å². The topological polar surface area (TPSA) is 9.23 Å². The lowest BCUT2D eigenvalue weighted by molar-refractivity contribution is 0.635. The van der Waals surface area contributed by atoms with Crippen molar-refractivity contribution in [2.75, 3.05) is 0 Å². The summed E-state index contributed by atoms with van der Waals surface area (Å²) in [5, 5.41) is 0. The molecule has 0 unspecified atom stereocenters. The van der Waals surface area contributed by atoms with E-state index in [2.05, 4.69) is 57.2 Å². The van der Waals surface area contributed by atoms with Gasteiger partial charge in [0.2, 0.25) is 0 Å². The Morgan fingerprint density at radius 1 is 0.947 bits per heavy atom. The molecule has 0 spiro atoms.